The Morgan fingerprint density at radius 2 is 1.04 bits per heavy atom. The van der Waals surface area contributed by atoms with Crippen molar-refractivity contribution in [2.75, 3.05) is 0 Å². The number of imide groups is 1. The highest BCUT2D eigenvalue weighted by atomic mass is 16.2. The molecule has 0 aliphatic carbocycles. The Kier molecular flexibility index (Phi) is 4.51. The van der Waals surface area contributed by atoms with E-state index < -0.39 is 11.8 Å². The molecule has 0 fully saturated rings. The van der Waals surface area contributed by atoms with Gasteiger partial charge in [0.25, 0.3) is 11.8 Å². The first-order chi connectivity index (χ1) is 10.9. The standard InChI is InChI=1S/C8H8N2O2.C8H5NO2/c9-7(11)5-1-2-6(4-3-5)8(10)12;10-7-5-3-1-2-4-6(5)8(11)9-7/h1-4H,(H2,9,11)(H2,10,12);1-4H,(H,9,10,11). The molecule has 0 unspecified atom stereocenters. The molecule has 1 aliphatic rings. The van der Waals surface area contributed by atoms with Gasteiger partial charge in [-0.3, -0.25) is 24.5 Å². The molecule has 1 aliphatic heterocycles. The van der Waals surface area contributed by atoms with Crippen LogP contribution in [0.15, 0.2) is 48.5 Å². The molecule has 0 radical (unpaired) electrons. The van der Waals surface area contributed by atoms with Crippen molar-refractivity contribution >= 4 is 23.6 Å². The van der Waals surface area contributed by atoms with Crippen LogP contribution >= 0.6 is 0 Å². The lowest BCUT2D eigenvalue weighted by Gasteiger charge is -1.96. The lowest BCUT2D eigenvalue weighted by molar-refractivity contribution is 0.0877. The monoisotopic (exact) mass is 311 g/mol. The number of benzene rings is 2. The summed E-state index contributed by atoms with van der Waals surface area (Å²) in [4.78, 5) is 43.1. The molecule has 7 heteroatoms. The SMILES string of the molecule is NC(=O)c1ccc(C(N)=O)cc1.O=C1NC(=O)c2ccccc21. The summed E-state index contributed by atoms with van der Waals surface area (Å²) in [6, 6.07) is 12.6. The average Bonchev–Trinajstić information content (AvgIpc) is 2.83. The Bertz CT molecular complexity index is 731. The number of carbonyl (C=O) groups is 4. The zero-order chi connectivity index (χ0) is 17.0. The van der Waals surface area contributed by atoms with Crippen LogP contribution in [-0.2, 0) is 0 Å². The van der Waals surface area contributed by atoms with Crippen LogP contribution < -0.4 is 16.8 Å². The van der Waals surface area contributed by atoms with E-state index in [9.17, 15) is 19.2 Å². The number of nitrogens with one attached hydrogen (secondary N) is 1. The lowest BCUT2D eigenvalue weighted by atomic mass is 10.1. The van der Waals surface area contributed by atoms with Gasteiger partial charge in [-0.15, -0.1) is 0 Å². The van der Waals surface area contributed by atoms with Crippen molar-refractivity contribution in [1.29, 1.82) is 0 Å². The van der Waals surface area contributed by atoms with Crippen LogP contribution in [0.5, 0.6) is 0 Å². The Morgan fingerprint density at radius 1 is 0.696 bits per heavy atom. The fourth-order valence-corrected chi connectivity index (χ4v) is 1.92. The quantitative estimate of drug-likeness (QED) is 0.695. The summed E-state index contributed by atoms with van der Waals surface area (Å²) < 4.78 is 0. The summed E-state index contributed by atoms with van der Waals surface area (Å²) in [5.74, 6) is -1.65. The number of amides is 4. The van der Waals surface area contributed by atoms with Gasteiger partial charge in [-0.25, -0.2) is 0 Å². The molecule has 5 N–H and O–H groups in total. The Morgan fingerprint density at radius 3 is 1.35 bits per heavy atom. The molecule has 0 saturated heterocycles. The topological polar surface area (TPSA) is 132 Å². The minimum absolute atomic E-state index is 0.300. The van der Waals surface area contributed by atoms with Crippen molar-refractivity contribution in [3.8, 4) is 0 Å². The van der Waals surface area contributed by atoms with E-state index in [1.165, 1.54) is 24.3 Å². The molecule has 0 aromatic heterocycles. The van der Waals surface area contributed by atoms with E-state index in [0.717, 1.165) is 0 Å². The van der Waals surface area contributed by atoms with Crippen LogP contribution in [0.4, 0.5) is 0 Å². The van der Waals surface area contributed by atoms with Crippen LogP contribution in [0, 0.1) is 0 Å². The average molecular weight is 311 g/mol. The minimum Gasteiger partial charge on any atom is -0.366 e. The molecular weight excluding hydrogens is 298 g/mol. The van der Waals surface area contributed by atoms with Crippen LogP contribution in [0.3, 0.4) is 0 Å². The maximum absolute atomic E-state index is 10.9. The lowest BCUT2D eigenvalue weighted by Crippen LogP contribution is -2.19. The van der Waals surface area contributed by atoms with Crippen molar-refractivity contribution in [2.45, 2.75) is 0 Å². The van der Waals surface area contributed by atoms with Crippen molar-refractivity contribution < 1.29 is 19.2 Å². The molecule has 2 aromatic rings. The highest BCUT2D eigenvalue weighted by molar-refractivity contribution is 6.21. The molecule has 1 heterocycles. The molecule has 4 amide bonds. The van der Waals surface area contributed by atoms with E-state index in [1.54, 1.807) is 24.3 Å². The van der Waals surface area contributed by atoms with Gasteiger partial charge in [0.2, 0.25) is 11.8 Å². The Labute approximate surface area is 131 Å². The molecule has 0 atom stereocenters. The van der Waals surface area contributed by atoms with Crippen molar-refractivity contribution in [3.63, 3.8) is 0 Å². The van der Waals surface area contributed by atoms with Gasteiger partial charge in [0, 0.05) is 11.1 Å². The number of nitrogens with two attached hydrogens (primary N) is 2. The summed E-state index contributed by atoms with van der Waals surface area (Å²) >= 11 is 0. The number of primary amides is 2. The molecule has 2 aromatic carbocycles. The fourth-order valence-electron chi connectivity index (χ4n) is 1.92. The van der Waals surface area contributed by atoms with E-state index in [2.05, 4.69) is 5.32 Å². The van der Waals surface area contributed by atoms with Gasteiger partial charge in [0.15, 0.2) is 0 Å². The zero-order valence-corrected chi connectivity index (χ0v) is 11.9. The van der Waals surface area contributed by atoms with Crippen LogP contribution in [-0.4, -0.2) is 23.6 Å². The second-order valence-electron chi connectivity index (χ2n) is 4.63. The highest BCUT2D eigenvalue weighted by Crippen LogP contribution is 2.13. The van der Waals surface area contributed by atoms with E-state index in [-0.39, 0.29) is 11.8 Å². The van der Waals surface area contributed by atoms with Gasteiger partial charge in [0.05, 0.1) is 11.1 Å². The molecule has 7 nitrogen and oxygen atoms in total. The second kappa shape index (κ2) is 6.52. The van der Waals surface area contributed by atoms with E-state index in [0.29, 0.717) is 22.3 Å². The molecule has 0 saturated carbocycles. The fraction of sp³-hybridized carbons (Fsp3) is 0. The van der Waals surface area contributed by atoms with E-state index in [4.69, 9.17) is 11.5 Å². The first-order valence-electron chi connectivity index (χ1n) is 6.54. The number of hydrogen-bond acceptors (Lipinski definition) is 4. The van der Waals surface area contributed by atoms with Gasteiger partial charge in [-0.1, -0.05) is 12.1 Å². The van der Waals surface area contributed by atoms with E-state index in [1.807, 2.05) is 0 Å². The minimum atomic E-state index is -0.522. The molecule has 0 spiro atoms. The molecule has 116 valence electrons. The smallest absolute Gasteiger partial charge is 0.258 e. The zero-order valence-electron chi connectivity index (χ0n) is 11.9. The predicted octanol–water partition coefficient (Wildman–Crippen LogP) is 0.455. The largest absolute Gasteiger partial charge is 0.366 e. The van der Waals surface area contributed by atoms with Gasteiger partial charge < -0.3 is 11.5 Å². The first-order valence-corrected chi connectivity index (χ1v) is 6.54. The van der Waals surface area contributed by atoms with Gasteiger partial charge in [-0.05, 0) is 36.4 Å². The predicted molar refractivity (Wildman–Crippen MR) is 81.7 cm³/mol. The van der Waals surface area contributed by atoms with Crippen LogP contribution in [0.1, 0.15) is 41.4 Å². The summed E-state index contributed by atoms with van der Waals surface area (Å²) in [7, 11) is 0. The maximum atomic E-state index is 10.9. The summed E-state index contributed by atoms with van der Waals surface area (Å²) in [5.41, 5.74) is 11.6. The normalized spacial score (nSPS) is 11.8. The Balaban J connectivity index is 0.000000167. The van der Waals surface area contributed by atoms with Crippen LogP contribution in [0.2, 0.25) is 0 Å². The number of hydrogen-bond donors (Lipinski definition) is 3. The molecule has 0 bridgehead atoms. The third-order valence-corrected chi connectivity index (χ3v) is 3.10. The maximum Gasteiger partial charge on any atom is 0.258 e. The van der Waals surface area contributed by atoms with Gasteiger partial charge in [-0.2, -0.15) is 0 Å². The first kappa shape index (κ1) is 15.9. The Hall–Kier alpha value is -3.48. The van der Waals surface area contributed by atoms with Gasteiger partial charge >= 0.3 is 0 Å². The molecular formula is C16H13N3O4. The highest BCUT2D eigenvalue weighted by Gasteiger charge is 2.25. The van der Waals surface area contributed by atoms with E-state index >= 15 is 0 Å². The number of carbonyl (C=O) groups excluding carboxylic acids is 4. The number of rotatable bonds is 2. The second-order valence-corrected chi connectivity index (χ2v) is 4.63. The van der Waals surface area contributed by atoms with Crippen molar-refractivity contribution in [1.82, 2.24) is 5.32 Å². The molecule has 23 heavy (non-hydrogen) atoms. The summed E-state index contributed by atoms with van der Waals surface area (Å²) in [5, 5.41) is 2.20. The summed E-state index contributed by atoms with van der Waals surface area (Å²) in [6.07, 6.45) is 0. The van der Waals surface area contributed by atoms with Crippen molar-refractivity contribution in [2.24, 2.45) is 11.5 Å². The van der Waals surface area contributed by atoms with Crippen molar-refractivity contribution in [3.05, 3.63) is 70.8 Å². The third-order valence-electron chi connectivity index (χ3n) is 3.10. The van der Waals surface area contributed by atoms with Gasteiger partial charge in [0.1, 0.15) is 0 Å². The van der Waals surface area contributed by atoms with Crippen LogP contribution in [0.25, 0.3) is 0 Å². The number of fused-ring (bicyclic) bond motifs is 1. The summed E-state index contributed by atoms with van der Waals surface area (Å²) in [6.45, 7) is 0. The third kappa shape index (κ3) is 3.59. The molecule has 3 rings (SSSR count).